The highest BCUT2D eigenvalue weighted by Gasteiger charge is 2.31. The molecule has 0 radical (unpaired) electrons. The quantitative estimate of drug-likeness (QED) is 0.728. The molecule has 0 N–H and O–H groups in total. The van der Waals surface area contributed by atoms with E-state index in [0.29, 0.717) is 11.0 Å². The lowest BCUT2D eigenvalue weighted by Crippen LogP contribution is -2.07. The Balaban J connectivity index is 1.84. The Labute approximate surface area is 99.9 Å². The van der Waals surface area contributed by atoms with Crippen LogP contribution in [0.2, 0.25) is 0 Å². The van der Waals surface area contributed by atoms with Crippen LogP contribution in [-0.4, -0.2) is 5.78 Å². The topological polar surface area (TPSA) is 17.1 Å². The first-order valence-electron chi connectivity index (χ1n) is 5.81. The predicted molar refractivity (Wildman–Crippen MR) is 67.3 cm³/mol. The number of carbonyl (C=O) groups excluding carboxylic acids is 1. The van der Waals surface area contributed by atoms with Crippen molar-refractivity contribution in [1.82, 2.24) is 0 Å². The van der Waals surface area contributed by atoms with E-state index >= 15 is 0 Å². The molecular formula is C14H14OS. The summed E-state index contributed by atoms with van der Waals surface area (Å²) in [4.78, 5) is 13.1. The number of thioether (sulfide) groups is 1. The molecule has 1 aromatic rings. The van der Waals surface area contributed by atoms with E-state index < -0.39 is 0 Å². The lowest BCUT2D eigenvalue weighted by Gasteiger charge is -2.10. The number of Topliss-reactive ketones (excluding diaryl/α,β-unsaturated/α-hetero) is 1. The fourth-order valence-corrected chi connectivity index (χ4v) is 3.97. The van der Waals surface area contributed by atoms with Crippen LogP contribution >= 0.6 is 11.8 Å². The Hall–Kier alpha value is -1.02. The Morgan fingerprint density at radius 3 is 2.69 bits per heavy atom. The van der Waals surface area contributed by atoms with Crippen LogP contribution in [0, 0.1) is 0 Å². The predicted octanol–water partition coefficient (Wildman–Crippen LogP) is 3.87. The van der Waals surface area contributed by atoms with Gasteiger partial charge in [0.25, 0.3) is 0 Å². The van der Waals surface area contributed by atoms with Crippen LogP contribution in [0.1, 0.15) is 36.5 Å². The highest BCUT2D eigenvalue weighted by Crippen LogP contribution is 2.51. The summed E-state index contributed by atoms with van der Waals surface area (Å²) in [6, 6.07) is 10.5. The second-order valence-corrected chi connectivity index (χ2v) is 5.70. The fraction of sp³-hybridized carbons (Fsp3) is 0.357. The summed E-state index contributed by atoms with van der Waals surface area (Å²) in [6.07, 6.45) is 3.88. The molecule has 1 aliphatic carbocycles. The summed E-state index contributed by atoms with van der Waals surface area (Å²) in [6.45, 7) is 0. The smallest absolute Gasteiger partial charge is 0.159 e. The van der Waals surface area contributed by atoms with Gasteiger partial charge in [-0.05, 0) is 29.7 Å². The van der Waals surface area contributed by atoms with Gasteiger partial charge >= 0.3 is 0 Å². The van der Waals surface area contributed by atoms with E-state index in [2.05, 4.69) is 24.3 Å². The summed E-state index contributed by atoms with van der Waals surface area (Å²) in [5.74, 6) is 0.396. The van der Waals surface area contributed by atoms with Crippen LogP contribution in [0.15, 0.2) is 40.8 Å². The van der Waals surface area contributed by atoms with Gasteiger partial charge in [0.05, 0.1) is 0 Å². The molecule has 0 fully saturated rings. The van der Waals surface area contributed by atoms with E-state index in [4.69, 9.17) is 0 Å². The molecule has 2 aliphatic rings. The number of allylic oxidation sites excluding steroid dienone is 2. The maximum atomic E-state index is 11.8. The molecule has 0 saturated heterocycles. The third-order valence-corrected chi connectivity index (χ3v) is 4.78. The normalized spacial score (nSPS) is 24.8. The number of hydrogen-bond donors (Lipinski definition) is 0. The van der Waals surface area contributed by atoms with Crippen molar-refractivity contribution in [2.24, 2.45) is 0 Å². The second kappa shape index (κ2) is 4.10. The highest BCUT2D eigenvalue weighted by molar-refractivity contribution is 8.03. The average Bonchev–Trinajstić information content (AvgIpc) is 2.76. The van der Waals surface area contributed by atoms with Gasteiger partial charge < -0.3 is 0 Å². The zero-order valence-electron chi connectivity index (χ0n) is 9.11. The summed E-state index contributed by atoms with van der Waals surface area (Å²) in [5, 5.41) is 0.480. The monoisotopic (exact) mass is 230 g/mol. The summed E-state index contributed by atoms with van der Waals surface area (Å²) >= 11 is 1.91. The van der Waals surface area contributed by atoms with Gasteiger partial charge in [0.2, 0.25) is 0 Å². The zero-order chi connectivity index (χ0) is 11.0. The molecule has 1 atom stereocenters. The highest BCUT2D eigenvalue weighted by atomic mass is 32.2. The fourth-order valence-electron chi connectivity index (χ4n) is 2.48. The van der Waals surface area contributed by atoms with Crippen molar-refractivity contribution in [2.45, 2.75) is 30.9 Å². The van der Waals surface area contributed by atoms with Gasteiger partial charge in [-0.1, -0.05) is 30.3 Å². The van der Waals surface area contributed by atoms with E-state index in [1.807, 2.05) is 17.8 Å². The first kappa shape index (κ1) is 10.2. The Morgan fingerprint density at radius 1 is 1.12 bits per heavy atom. The van der Waals surface area contributed by atoms with Crippen LogP contribution in [0.25, 0.3) is 0 Å². The van der Waals surface area contributed by atoms with Crippen molar-refractivity contribution >= 4 is 17.5 Å². The molecule has 2 heteroatoms. The molecule has 1 unspecified atom stereocenters. The van der Waals surface area contributed by atoms with Gasteiger partial charge in [0.15, 0.2) is 5.78 Å². The van der Waals surface area contributed by atoms with Crippen LogP contribution < -0.4 is 0 Å². The summed E-state index contributed by atoms with van der Waals surface area (Å²) < 4.78 is 0. The van der Waals surface area contributed by atoms with Crippen LogP contribution in [0.3, 0.4) is 0 Å². The number of rotatable bonds is 1. The van der Waals surface area contributed by atoms with Crippen molar-refractivity contribution in [3.8, 4) is 0 Å². The molecule has 3 rings (SSSR count). The number of carbonyl (C=O) groups is 1. The second-order valence-electron chi connectivity index (χ2n) is 4.40. The third kappa shape index (κ3) is 1.71. The Morgan fingerprint density at radius 2 is 1.94 bits per heavy atom. The first-order chi connectivity index (χ1) is 7.84. The molecular weight excluding hydrogens is 216 g/mol. The molecule has 0 bridgehead atoms. The minimum atomic E-state index is 0.396. The van der Waals surface area contributed by atoms with Gasteiger partial charge in [-0.2, -0.15) is 0 Å². The molecule has 16 heavy (non-hydrogen) atoms. The Bertz CT molecular complexity index is 447. The van der Waals surface area contributed by atoms with Gasteiger partial charge in [-0.3, -0.25) is 4.79 Å². The molecule has 0 amide bonds. The van der Waals surface area contributed by atoms with Crippen molar-refractivity contribution in [1.29, 1.82) is 0 Å². The first-order valence-corrected chi connectivity index (χ1v) is 6.69. The lowest BCUT2D eigenvalue weighted by molar-refractivity contribution is -0.116. The number of hydrogen-bond acceptors (Lipinski definition) is 2. The van der Waals surface area contributed by atoms with Crippen molar-refractivity contribution in [2.75, 3.05) is 0 Å². The standard InChI is InChI=1S/C14H14OS/c15-12-7-4-8-13-11(12)9-14(16-13)10-5-2-1-3-6-10/h1-3,5-6,14H,4,7-9H2. The van der Waals surface area contributed by atoms with Crippen molar-refractivity contribution < 1.29 is 4.79 Å². The van der Waals surface area contributed by atoms with Gasteiger partial charge in [-0.25, -0.2) is 0 Å². The lowest BCUT2D eigenvalue weighted by atomic mass is 9.93. The Kier molecular flexibility index (Phi) is 2.60. The van der Waals surface area contributed by atoms with Crippen LogP contribution in [0.5, 0.6) is 0 Å². The van der Waals surface area contributed by atoms with Gasteiger partial charge in [0, 0.05) is 17.2 Å². The third-order valence-electron chi connectivity index (χ3n) is 3.33. The van der Waals surface area contributed by atoms with E-state index in [0.717, 1.165) is 31.3 Å². The molecule has 1 heterocycles. The minimum Gasteiger partial charge on any atom is -0.295 e. The van der Waals surface area contributed by atoms with E-state index in [1.165, 1.54) is 10.5 Å². The number of benzene rings is 1. The van der Waals surface area contributed by atoms with Crippen LogP contribution in [0.4, 0.5) is 0 Å². The maximum Gasteiger partial charge on any atom is 0.159 e. The molecule has 0 aromatic heterocycles. The minimum absolute atomic E-state index is 0.396. The van der Waals surface area contributed by atoms with Gasteiger partial charge in [-0.15, -0.1) is 11.8 Å². The molecule has 1 aromatic carbocycles. The van der Waals surface area contributed by atoms with E-state index in [-0.39, 0.29) is 0 Å². The maximum absolute atomic E-state index is 11.8. The molecule has 0 saturated carbocycles. The number of ketones is 1. The SMILES string of the molecule is O=C1CCCC2=C1CC(c1ccccc1)S2. The van der Waals surface area contributed by atoms with E-state index in [1.54, 1.807) is 0 Å². The van der Waals surface area contributed by atoms with Crippen LogP contribution in [-0.2, 0) is 4.79 Å². The molecule has 82 valence electrons. The zero-order valence-corrected chi connectivity index (χ0v) is 9.93. The largest absolute Gasteiger partial charge is 0.295 e. The summed E-state index contributed by atoms with van der Waals surface area (Å²) in [7, 11) is 0. The molecule has 1 nitrogen and oxygen atoms in total. The molecule has 0 spiro atoms. The van der Waals surface area contributed by atoms with Crippen molar-refractivity contribution in [3.63, 3.8) is 0 Å². The van der Waals surface area contributed by atoms with E-state index in [9.17, 15) is 4.79 Å². The van der Waals surface area contributed by atoms with Gasteiger partial charge in [0.1, 0.15) is 0 Å². The average molecular weight is 230 g/mol. The summed E-state index contributed by atoms with van der Waals surface area (Å²) in [5.41, 5.74) is 2.49. The van der Waals surface area contributed by atoms with Crippen molar-refractivity contribution in [3.05, 3.63) is 46.4 Å². The molecule has 1 aliphatic heterocycles.